The first-order valence-electron chi connectivity index (χ1n) is 9.08. The molecule has 0 fully saturated rings. The highest BCUT2D eigenvalue weighted by Crippen LogP contribution is 2.16. The number of amides is 1. The summed E-state index contributed by atoms with van der Waals surface area (Å²) in [5.74, 6) is 0.159. The highest BCUT2D eigenvalue weighted by molar-refractivity contribution is 6.30. The zero-order chi connectivity index (χ0) is 20.4. The van der Waals surface area contributed by atoms with E-state index in [0.717, 1.165) is 19.3 Å². The second kappa shape index (κ2) is 11.1. The third-order valence-electron chi connectivity index (χ3n) is 3.86. The molecule has 148 valence electrons. The predicted octanol–water partition coefficient (Wildman–Crippen LogP) is 5.26. The Morgan fingerprint density at radius 1 is 0.964 bits per heavy atom. The van der Waals surface area contributed by atoms with Crippen molar-refractivity contribution in [2.24, 2.45) is 0 Å². The molecule has 0 bridgehead atoms. The van der Waals surface area contributed by atoms with Crippen LogP contribution in [0.2, 0.25) is 5.02 Å². The average Bonchev–Trinajstić information content (AvgIpc) is 2.69. The number of rotatable bonds is 10. The average molecular weight is 402 g/mol. The van der Waals surface area contributed by atoms with E-state index in [1.807, 2.05) is 0 Å². The molecule has 0 radical (unpaired) electrons. The molecular formula is C22H24ClNO4. The summed E-state index contributed by atoms with van der Waals surface area (Å²) in [6, 6.07) is 13.9. The fourth-order valence-corrected chi connectivity index (χ4v) is 2.42. The van der Waals surface area contributed by atoms with Crippen molar-refractivity contribution in [3.8, 4) is 5.75 Å². The molecule has 2 aromatic rings. The van der Waals surface area contributed by atoms with Crippen LogP contribution in [0.3, 0.4) is 0 Å². The summed E-state index contributed by atoms with van der Waals surface area (Å²) >= 11 is 5.83. The Kier molecular flexibility index (Phi) is 8.56. The third-order valence-corrected chi connectivity index (χ3v) is 4.11. The van der Waals surface area contributed by atoms with E-state index in [9.17, 15) is 9.59 Å². The van der Waals surface area contributed by atoms with Gasteiger partial charge in [-0.15, -0.1) is 0 Å². The Labute approximate surface area is 170 Å². The molecule has 1 N–H and O–H groups in total. The van der Waals surface area contributed by atoms with Gasteiger partial charge in [0.2, 0.25) is 0 Å². The van der Waals surface area contributed by atoms with Crippen LogP contribution in [0.4, 0.5) is 5.69 Å². The molecule has 0 saturated carbocycles. The van der Waals surface area contributed by atoms with Crippen LogP contribution in [0.5, 0.6) is 5.75 Å². The monoisotopic (exact) mass is 401 g/mol. The van der Waals surface area contributed by atoms with Gasteiger partial charge in [-0.2, -0.15) is 0 Å². The van der Waals surface area contributed by atoms with Gasteiger partial charge < -0.3 is 14.8 Å². The fraction of sp³-hybridized carbons (Fsp3) is 0.273. The number of halogens is 1. The van der Waals surface area contributed by atoms with Gasteiger partial charge in [0.05, 0.1) is 13.2 Å². The van der Waals surface area contributed by atoms with Gasteiger partial charge in [0, 0.05) is 21.8 Å². The molecule has 0 spiro atoms. The first kappa shape index (κ1) is 21.5. The Balaban J connectivity index is 1.66. The van der Waals surface area contributed by atoms with Crippen molar-refractivity contribution in [2.45, 2.75) is 26.2 Å². The molecule has 0 aliphatic carbocycles. The normalized spacial score (nSPS) is 10.2. The fourth-order valence-electron chi connectivity index (χ4n) is 2.30. The minimum absolute atomic E-state index is 0.196. The highest BCUT2D eigenvalue weighted by Gasteiger charge is 2.06. The number of nitrogens with one attached hydrogen (secondary N) is 1. The van der Waals surface area contributed by atoms with E-state index in [-0.39, 0.29) is 11.9 Å². The number of unbranched alkanes of at least 4 members (excludes halogenated alkanes) is 2. The van der Waals surface area contributed by atoms with Crippen LogP contribution in [0, 0.1) is 0 Å². The lowest BCUT2D eigenvalue weighted by Crippen LogP contribution is -2.11. The first-order chi connectivity index (χ1) is 13.5. The van der Waals surface area contributed by atoms with E-state index in [1.165, 1.54) is 0 Å². The molecule has 0 aliphatic rings. The van der Waals surface area contributed by atoms with Crippen LogP contribution in [0.1, 0.15) is 36.5 Å². The number of hydrogen-bond acceptors (Lipinski definition) is 4. The second-order valence-electron chi connectivity index (χ2n) is 6.31. The summed E-state index contributed by atoms with van der Waals surface area (Å²) in [6.07, 6.45) is 2.53. The molecule has 0 aliphatic heterocycles. The SMILES string of the molecule is C=C(C)C(=O)OCCCCCOc1ccc(C(=O)Nc2ccc(Cl)cc2)cc1. The lowest BCUT2D eigenvalue weighted by Gasteiger charge is -2.08. The van der Waals surface area contributed by atoms with Gasteiger partial charge in [0.25, 0.3) is 5.91 Å². The maximum absolute atomic E-state index is 12.2. The largest absolute Gasteiger partial charge is 0.494 e. The van der Waals surface area contributed by atoms with Crippen LogP contribution < -0.4 is 10.1 Å². The highest BCUT2D eigenvalue weighted by atomic mass is 35.5. The molecule has 0 unspecified atom stereocenters. The van der Waals surface area contributed by atoms with Crippen molar-refractivity contribution >= 4 is 29.2 Å². The Bertz CT molecular complexity index is 800. The molecule has 0 heterocycles. The van der Waals surface area contributed by atoms with Gasteiger partial charge in [-0.05, 0) is 74.7 Å². The van der Waals surface area contributed by atoms with E-state index in [4.69, 9.17) is 21.1 Å². The number of benzene rings is 2. The number of carbonyl (C=O) groups is 2. The van der Waals surface area contributed by atoms with Crippen LogP contribution in [-0.2, 0) is 9.53 Å². The number of hydrogen-bond donors (Lipinski definition) is 1. The quantitative estimate of drug-likeness (QED) is 0.335. The maximum atomic E-state index is 12.2. The van der Waals surface area contributed by atoms with Crippen molar-refractivity contribution in [1.82, 2.24) is 0 Å². The van der Waals surface area contributed by atoms with Crippen molar-refractivity contribution in [2.75, 3.05) is 18.5 Å². The van der Waals surface area contributed by atoms with Crippen LogP contribution in [0.15, 0.2) is 60.7 Å². The van der Waals surface area contributed by atoms with Crippen molar-refractivity contribution in [3.05, 3.63) is 71.3 Å². The number of carbonyl (C=O) groups excluding carboxylic acids is 2. The topological polar surface area (TPSA) is 64.6 Å². The standard InChI is InChI=1S/C22H24ClNO4/c1-16(2)22(26)28-15-5-3-4-14-27-20-12-6-17(7-13-20)21(25)24-19-10-8-18(23)9-11-19/h6-13H,1,3-5,14-15H2,2H3,(H,24,25). The van der Waals surface area contributed by atoms with Gasteiger partial charge >= 0.3 is 5.97 Å². The number of ether oxygens (including phenoxy) is 2. The molecule has 2 rings (SSSR count). The molecule has 1 amide bonds. The molecule has 2 aromatic carbocycles. The van der Waals surface area contributed by atoms with Crippen molar-refractivity contribution in [3.63, 3.8) is 0 Å². The molecule has 0 aromatic heterocycles. The van der Waals surface area contributed by atoms with Gasteiger partial charge in [0.15, 0.2) is 0 Å². The van der Waals surface area contributed by atoms with Gasteiger partial charge in [-0.3, -0.25) is 4.79 Å². The summed E-state index contributed by atoms with van der Waals surface area (Å²) in [4.78, 5) is 23.5. The summed E-state index contributed by atoms with van der Waals surface area (Å²) in [6.45, 7) is 6.11. The predicted molar refractivity (Wildman–Crippen MR) is 111 cm³/mol. The second-order valence-corrected chi connectivity index (χ2v) is 6.75. The van der Waals surface area contributed by atoms with E-state index in [0.29, 0.717) is 40.8 Å². The van der Waals surface area contributed by atoms with Crippen molar-refractivity contribution < 1.29 is 19.1 Å². The van der Waals surface area contributed by atoms with Crippen molar-refractivity contribution in [1.29, 1.82) is 0 Å². The molecule has 6 heteroatoms. The number of esters is 1. The molecule has 5 nitrogen and oxygen atoms in total. The van der Waals surface area contributed by atoms with Gasteiger partial charge in [-0.1, -0.05) is 18.2 Å². The molecule has 0 saturated heterocycles. The van der Waals surface area contributed by atoms with E-state index < -0.39 is 0 Å². The van der Waals surface area contributed by atoms with Gasteiger partial charge in [0.1, 0.15) is 5.75 Å². The van der Waals surface area contributed by atoms with Crippen LogP contribution >= 0.6 is 11.6 Å². The van der Waals surface area contributed by atoms with E-state index >= 15 is 0 Å². The van der Waals surface area contributed by atoms with Gasteiger partial charge in [-0.25, -0.2) is 4.79 Å². The minimum atomic E-state index is -0.351. The van der Waals surface area contributed by atoms with E-state index in [1.54, 1.807) is 55.5 Å². The minimum Gasteiger partial charge on any atom is -0.494 e. The Hall–Kier alpha value is -2.79. The molecular weight excluding hydrogens is 378 g/mol. The molecule has 28 heavy (non-hydrogen) atoms. The summed E-state index contributed by atoms with van der Waals surface area (Å²) < 4.78 is 10.7. The zero-order valence-corrected chi connectivity index (χ0v) is 16.6. The first-order valence-corrected chi connectivity index (χ1v) is 9.46. The van der Waals surface area contributed by atoms with Crippen LogP contribution in [-0.4, -0.2) is 25.1 Å². The summed E-state index contributed by atoms with van der Waals surface area (Å²) in [5, 5.41) is 3.43. The Morgan fingerprint density at radius 2 is 1.61 bits per heavy atom. The summed E-state index contributed by atoms with van der Waals surface area (Å²) in [7, 11) is 0. The lowest BCUT2D eigenvalue weighted by molar-refractivity contribution is -0.139. The third kappa shape index (κ3) is 7.45. The Morgan fingerprint density at radius 3 is 2.25 bits per heavy atom. The number of anilines is 1. The smallest absolute Gasteiger partial charge is 0.333 e. The lowest BCUT2D eigenvalue weighted by atomic mass is 10.2. The van der Waals surface area contributed by atoms with E-state index in [2.05, 4.69) is 11.9 Å². The maximum Gasteiger partial charge on any atom is 0.333 e. The zero-order valence-electron chi connectivity index (χ0n) is 15.9. The molecule has 0 atom stereocenters. The summed E-state index contributed by atoms with van der Waals surface area (Å²) in [5.41, 5.74) is 1.64. The van der Waals surface area contributed by atoms with Crippen LogP contribution in [0.25, 0.3) is 0 Å².